The van der Waals surface area contributed by atoms with E-state index in [0.29, 0.717) is 15.6 Å². The van der Waals surface area contributed by atoms with Crippen molar-refractivity contribution in [2.45, 2.75) is 19.9 Å². The second-order valence-corrected chi connectivity index (χ2v) is 6.02. The summed E-state index contributed by atoms with van der Waals surface area (Å²) in [7, 11) is 0. The van der Waals surface area contributed by atoms with Gasteiger partial charge in [-0.3, -0.25) is 4.79 Å². The Morgan fingerprint density at radius 1 is 1.42 bits per heavy atom. The molecule has 0 saturated heterocycles. The van der Waals surface area contributed by atoms with Gasteiger partial charge in [0.1, 0.15) is 0 Å². The van der Waals surface area contributed by atoms with E-state index in [1.807, 2.05) is 19.2 Å². The molecule has 2 rings (SSSR count). The minimum Gasteiger partial charge on any atom is -0.344 e. The standard InChI is InChI=1S/C13H12Cl2N2OS/c1-7(12-6-19-8(2)17-12)16-13(18)10-5-9(14)3-4-11(10)15/h3-7H,1-2H3,(H,16,18). The van der Waals surface area contributed by atoms with Crippen molar-refractivity contribution in [1.82, 2.24) is 10.3 Å². The maximum Gasteiger partial charge on any atom is 0.253 e. The lowest BCUT2D eigenvalue weighted by Gasteiger charge is -2.12. The highest BCUT2D eigenvalue weighted by molar-refractivity contribution is 7.09. The van der Waals surface area contributed by atoms with Gasteiger partial charge in [0.25, 0.3) is 5.91 Å². The Bertz CT molecular complexity index is 612. The molecule has 0 saturated carbocycles. The average Bonchev–Trinajstić information content (AvgIpc) is 2.79. The Morgan fingerprint density at radius 3 is 2.79 bits per heavy atom. The first-order valence-electron chi connectivity index (χ1n) is 5.65. The predicted molar refractivity (Wildman–Crippen MR) is 79.2 cm³/mol. The molecular weight excluding hydrogens is 303 g/mol. The molecule has 0 aliphatic carbocycles. The Balaban J connectivity index is 2.15. The van der Waals surface area contributed by atoms with Crippen molar-refractivity contribution in [2.75, 3.05) is 0 Å². The summed E-state index contributed by atoms with van der Waals surface area (Å²) in [5.41, 5.74) is 1.21. The fourth-order valence-corrected chi connectivity index (χ4v) is 2.68. The van der Waals surface area contributed by atoms with Crippen molar-refractivity contribution in [3.8, 4) is 0 Å². The topological polar surface area (TPSA) is 42.0 Å². The van der Waals surface area contributed by atoms with Crippen LogP contribution in [0.3, 0.4) is 0 Å². The van der Waals surface area contributed by atoms with E-state index in [2.05, 4.69) is 10.3 Å². The van der Waals surface area contributed by atoms with E-state index in [1.165, 1.54) is 0 Å². The lowest BCUT2D eigenvalue weighted by Crippen LogP contribution is -2.27. The maximum absolute atomic E-state index is 12.1. The third-order valence-electron chi connectivity index (χ3n) is 2.60. The number of halogens is 2. The highest BCUT2D eigenvalue weighted by atomic mass is 35.5. The zero-order valence-corrected chi connectivity index (χ0v) is 12.7. The summed E-state index contributed by atoms with van der Waals surface area (Å²) in [5, 5.41) is 6.61. The maximum atomic E-state index is 12.1. The summed E-state index contributed by atoms with van der Waals surface area (Å²) in [6, 6.07) is 4.63. The van der Waals surface area contributed by atoms with Crippen LogP contribution in [0.15, 0.2) is 23.6 Å². The molecule has 6 heteroatoms. The number of rotatable bonds is 3. The van der Waals surface area contributed by atoms with Gasteiger partial charge in [-0.05, 0) is 32.0 Å². The molecule has 0 aliphatic rings. The van der Waals surface area contributed by atoms with Crippen LogP contribution in [-0.2, 0) is 0 Å². The molecule has 1 N–H and O–H groups in total. The lowest BCUT2D eigenvalue weighted by molar-refractivity contribution is 0.0939. The summed E-state index contributed by atoms with van der Waals surface area (Å²) in [4.78, 5) is 16.5. The number of carbonyl (C=O) groups is 1. The second-order valence-electron chi connectivity index (χ2n) is 4.11. The van der Waals surface area contributed by atoms with Gasteiger partial charge >= 0.3 is 0 Å². The van der Waals surface area contributed by atoms with Crippen molar-refractivity contribution >= 4 is 40.4 Å². The van der Waals surface area contributed by atoms with Crippen LogP contribution in [0.25, 0.3) is 0 Å². The van der Waals surface area contributed by atoms with Gasteiger partial charge < -0.3 is 5.32 Å². The molecule has 0 fully saturated rings. The molecule has 1 atom stereocenters. The number of nitrogens with one attached hydrogen (secondary N) is 1. The minimum absolute atomic E-state index is 0.174. The SMILES string of the molecule is Cc1nc(C(C)NC(=O)c2cc(Cl)ccc2Cl)cs1. The summed E-state index contributed by atoms with van der Waals surface area (Å²) >= 11 is 13.4. The van der Waals surface area contributed by atoms with Crippen LogP contribution in [0.2, 0.25) is 10.0 Å². The second kappa shape index (κ2) is 5.90. The number of amides is 1. The molecule has 100 valence electrons. The molecule has 1 heterocycles. The van der Waals surface area contributed by atoms with Crippen molar-refractivity contribution in [1.29, 1.82) is 0 Å². The number of thiazole rings is 1. The first kappa shape index (κ1) is 14.3. The highest BCUT2D eigenvalue weighted by Gasteiger charge is 2.16. The fourth-order valence-electron chi connectivity index (χ4n) is 1.60. The molecule has 0 radical (unpaired) electrons. The molecule has 0 spiro atoms. The van der Waals surface area contributed by atoms with Crippen LogP contribution in [-0.4, -0.2) is 10.9 Å². The summed E-state index contributed by atoms with van der Waals surface area (Å²) in [6.45, 7) is 3.81. The van der Waals surface area contributed by atoms with Gasteiger partial charge in [-0.2, -0.15) is 0 Å². The van der Waals surface area contributed by atoms with Gasteiger partial charge in [0.15, 0.2) is 0 Å². The molecule has 2 aromatic rings. The number of nitrogens with zero attached hydrogens (tertiary/aromatic N) is 1. The number of hydrogen-bond donors (Lipinski definition) is 1. The number of carbonyl (C=O) groups excluding carboxylic acids is 1. The Hall–Kier alpha value is -1.10. The molecule has 0 aliphatic heterocycles. The van der Waals surface area contributed by atoms with Gasteiger partial charge in [-0.25, -0.2) is 4.98 Å². The van der Waals surface area contributed by atoms with Gasteiger partial charge in [0.05, 0.1) is 27.3 Å². The summed E-state index contributed by atoms with van der Waals surface area (Å²) < 4.78 is 0. The van der Waals surface area contributed by atoms with E-state index in [0.717, 1.165) is 10.7 Å². The van der Waals surface area contributed by atoms with E-state index in [-0.39, 0.29) is 11.9 Å². The zero-order chi connectivity index (χ0) is 14.0. The van der Waals surface area contributed by atoms with Crippen molar-refractivity contribution in [2.24, 2.45) is 0 Å². The summed E-state index contributed by atoms with van der Waals surface area (Å²) in [6.07, 6.45) is 0. The van der Waals surface area contributed by atoms with E-state index in [9.17, 15) is 4.79 Å². The smallest absolute Gasteiger partial charge is 0.253 e. The summed E-state index contributed by atoms with van der Waals surface area (Å²) in [5.74, 6) is -0.259. The molecule has 3 nitrogen and oxygen atoms in total. The first-order valence-corrected chi connectivity index (χ1v) is 7.29. The third-order valence-corrected chi connectivity index (χ3v) is 3.96. The van der Waals surface area contributed by atoms with Crippen LogP contribution < -0.4 is 5.32 Å². The fraction of sp³-hybridized carbons (Fsp3) is 0.231. The van der Waals surface area contributed by atoms with Gasteiger partial charge in [0, 0.05) is 10.4 Å². The van der Waals surface area contributed by atoms with Crippen LogP contribution in [0, 0.1) is 6.92 Å². The van der Waals surface area contributed by atoms with Crippen LogP contribution in [0.1, 0.15) is 34.0 Å². The highest BCUT2D eigenvalue weighted by Crippen LogP contribution is 2.22. The van der Waals surface area contributed by atoms with E-state index in [4.69, 9.17) is 23.2 Å². The van der Waals surface area contributed by atoms with E-state index in [1.54, 1.807) is 29.5 Å². The van der Waals surface area contributed by atoms with Gasteiger partial charge in [-0.15, -0.1) is 11.3 Å². The molecule has 1 amide bonds. The molecule has 1 aromatic carbocycles. The molecular formula is C13H12Cl2N2OS. The van der Waals surface area contributed by atoms with Crippen LogP contribution in [0.5, 0.6) is 0 Å². The van der Waals surface area contributed by atoms with Crippen molar-refractivity contribution in [3.63, 3.8) is 0 Å². The number of aryl methyl sites for hydroxylation is 1. The normalized spacial score (nSPS) is 12.2. The Labute approximate surface area is 125 Å². The van der Waals surface area contributed by atoms with Crippen LogP contribution >= 0.6 is 34.5 Å². The molecule has 19 heavy (non-hydrogen) atoms. The quantitative estimate of drug-likeness (QED) is 0.920. The largest absolute Gasteiger partial charge is 0.344 e. The monoisotopic (exact) mass is 314 g/mol. The molecule has 1 unspecified atom stereocenters. The van der Waals surface area contributed by atoms with Crippen molar-refractivity contribution < 1.29 is 4.79 Å². The number of benzene rings is 1. The third kappa shape index (κ3) is 3.47. The molecule has 1 aromatic heterocycles. The predicted octanol–water partition coefficient (Wildman–Crippen LogP) is 4.25. The van der Waals surface area contributed by atoms with Gasteiger partial charge in [-0.1, -0.05) is 23.2 Å². The minimum atomic E-state index is -0.259. The zero-order valence-electron chi connectivity index (χ0n) is 10.4. The van der Waals surface area contributed by atoms with E-state index < -0.39 is 0 Å². The number of hydrogen-bond acceptors (Lipinski definition) is 3. The average molecular weight is 315 g/mol. The van der Waals surface area contributed by atoms with Gasteiger partial charge in [0.2, 0.25) is 0 Å². The molecule has 0 bridgehead atoms. The van der Waals surface area contributed by atoms with E-state index >= 15 is 0 Å². The lowest BCUT2D eigenvalue weighted by atomic mass is 10.2. The van der Waals surface area contributed by atoms with Crippen LogP contribution in [0.4, 0.5) is 0 Å². The van der Waals surface area contributed by atoms with Crippen molar-refractivity contribution in [3.05, 3.63) is 49.9 Å². The Kier molecular flexibility index (Phi) is 4.45. The number of aromatic nitrogens is 1. The Morgan fingerprint density at radius 2 is 2.16 bits per heavy atom. The first-order chi connectivity index (χ1) is 8.97.